The standard InChI is InChI=1S/C14H14N2O4/c1-3-20-14(17)11(8-16(18)19)13-9(2)15-12-7-5-4-6-10(12)13/h4-8,15H,3H2,1-2H3. The number of H-pyrrole nitrogens is 1. The van der Waals surface area contributed by atoms with Gasteiger partial charge in [0.15, 0.2) is 0 Å². The number of carbonyl (C=O) groups excluding carboxylic acids is 1. The lowest BCUT2D eigenvalue weighted by Gasteiger charge is -2.05. The minimum absolute atomic E-state index is 0.0493. The fourth-order valence-electron chi connectivity index (χ4n) is 2.16. The summed E-state index contributed by atoms with van der Waals surface area (Å²) >= 11 is 0. The first-order valence-corrected chi connectivity index (χ1v) is 6.14. The van der Waals surface area contributed by atoms with E-state index in [1.165, 1.54) is 0 Å². The maximum Gasteiger partial charge on any atom is 0.345 e. The van der Waals surface area contributed by atoms with Crippen LogP contribution in [0.1, 0.15) is 18.2 Å². The van der Waals surface area contributed by atoms with Crippen LogP contribution < -0.4 is 0 Å². The molecule has 1 N–H and O–H groups in total. The summed E-state index contributed by atoms with van der Waals surface area (Å²) in [6.07, 6.45) is 0.695. The summed E-state index contributed by atoms with van der Waals surface area (Å²) in [4.78, 5) is 25.2. The van der Waals surface area contributed by atoms with Gasteiger partial charge in [-0.15, -0.1) is 0 Å². The zero-order valence-electron chi connectivity index (χ0n) is 11.2. The number of aromatic amines is 1. The Morgan fingerprint density at radius 2 is 2.15 bits per heavy atom. The third kappa shape index (κ3) is 2.54. The lowest BCUT2D eigenvalue weighted by molar-refractivity contribution is -0.401. The van der Waals surface area contributed by atoms with Crippen LogP contribution >= 0.6 is 0 Å². The largest absolute Gasteiger partial charge is 0.462 e. The number of hydrogen-bond acceptors (Lipinski definition) is 4. The number of aromatic nitrogens is 1. The molecule has 0 radical (unpaired) electrons. The molecule has 1 heterocycles. The normalized spacial score (nSPS) is 11.6. The summed E-state index contributed by atoms with van der Waals surface area (Å²) in [5.74, 6) is -0.697. The van der Waals surface area contributed by atoms with Crippen molar-refractivity contribution < 1.29 is 14.5 Å². The van der Waals surface area contributed by atoms with Crippen LogP contribution in [0.4, 0.5) is 0 Å². The second kappa shape index (κ2) is 5.56. The molecule has 0 amide bonds. The molecular formula is C14H14N2O4. The van der Waals surface area contributed by atoms with E-state index < -0.39 is 10.9 Å². The molecular weight excluding hydrogens is 260 g/mol. The maximum absolute atomic E-state index is 12.0. The average molecular weight is 274 g/mol. The Balaban J connectivity index is 2.65. The number of benzene rings is 1. The predicted molar refractivity (Wildman–Crippen MR) is 74.6 cm³/mol. The molecule has 0 aliphatic carbocycles. The molecule has 0 aliphatic heterocycles. The summed E-state index contributed by atoms with van der Waals surface area (Å²) in [5, 5.41) is 11.5. The molecule has 0 atom stereocenters. The first-order valence-electron chi connectivity index (χ1n) is 6.14. The summed E-state index contributed by atoms with van der Waals surface area (Å²) < 4.78 is 4.91. The first kappa shape index (κ1) is 13.8. The Labute approximate surface area is 115 Å². The van der Waals surface area contributed by atoms with E-state index in [-0.39, 0.29) is 12.2 Å². The van der Waals surface area contributed by atoms with Crippen molar-refractivity contribution in [2.24, 2.45) is 0 Å². The number of nitrogens with one attached hydrogen (secondary N) is 1. The Kier molecular flexibility index (Phi) is 3.84. The molecule has 0 spiro atoms. The minimum atomic E-state index is -0.697. The van der Waals surface area contributed by atoms with E-state index in [1.807, 2.05) is 18.2 Å². The fourth-order valence-corrected chi connectivity index (χ4v) is 2.16. The van der Waals surface area contributed by atoms with Gasteiger partial charge in [0.25, 0.3) is 0 Å². The number of ether oxygens (including phenoxy) is 1. The van der Waals surface area contributed by atoms with Gasteiger partial charge in [-0.05, 0) is 19.9 Å². The van der Waals surface area contributed by atoms with Gasteiger partial charge in [0.2, 0.25) is 6.20 Å². The molecule has 2 aromatic rings. The molecule has 0 bridgehead atoms. The van der Waals surface area contributed by atoms with Crippen molar-refractivity contribution in [1.29, 1.82) is 0 Å². The lowest BCUT2D eigenvalue weighted by Crippen LogP contribution is -2.09. The van der Waals surface area contributed by atoms with Gasteiger partial charge < -0.3 is 9.72 Å². The topological polar surface area (TPSA) is 85.2 Å². The van der Waals surface area contributed by atoms with Crippen molar-refractivity contribution in [3.8, 4) is 0 Å². The van der Waals surface area contributed by atoms with Crippen molar-refractivity contribution in [3.05, 3.63) is 51.8 Å². The SMILES string of the molecule is CCOC(=O)C(=C[N+](=O)[O-])c1c(C)[nH]c2ccccc12. The van der Waals surface area contributed by atoms with Crippen LogP contribution in [0, 0.1) is 17.0 Å². The van der Waals surface area contributed by atoms with Crippen LogP contribution in [-0.4, -0.2) is 22.5 Å². The third-order valence-corrected chi connectivity index (χ3v) is 2.89. The Morgan fingerprint density at radius 3 is 2.80 bits per heavy atom. The van der Waals surface area contributed by atoms with E-state index in [0.29, 0.717) is 17.5 Å². The predicted octanol–water partition coefficient (Wildman–Crippen LogP) is 2.66. The highest BCUT2D eigenvalue weighted by Crippen LogP contribution is 2.29. The van der Waals surface area contributed by atoms with Crippen molar-refractivity contribution in [2.75, 3.05) is 6.61 Å². The first-order chi connectivity index (χ1) is 9.54. The average Bonchev–Trinajstić information content (AvgIpc) is 2.72. The molecule has 1 aromatic carbocycles. The highest BCUT2D eigenvalue weighted by molar-refractivity contribution is 6.20. The quantitative estimate of drug-likeness (QED) is 0.402. The number of aryl methyl sites for hydroxylation is 1. The van der Waals surface area contributed by atoms with Crippen molar-refractivity contribution >= 4 is 22.4 Å². The molecule has 104 valence electrons. The van der Waals surface area contributed by atoms with E-state index in [0.717, 1.165) is 10.9 Å². The molecule has 0 fully saturated rings. The number of esters is 1. The van der Waals surface area contributed by atoms with Gasteiger partial charge in [-0.2, -0.15) is 0 Å². The van der Waals surface area contributed by atoms with Crippen molar-refractivity contribution in [3.63, 3.8) is 0 Å². The highest BCUT2D eigenvalue weighted by atomic mass is 16.6. The number of para-hydroxylation sites is 1. The van der Waals surface area contributed by atoms with E-state index in [9.17, 15) is 14.9 Å². The van der Waals surface area contributed by atoms with Gasteiger partial charge in [-0.25, -0.2) is 4.79 Å². The zero-order valence-corrected chi connectivity index (χ0v) is 11.2. The van der Waals surface area contributed by atoms with E-state index in [2.05, 4.69) is 4.98 Å². The van der Waals surface area contributed by atoms with Crippen LogP contribution in [0.2, 0.25) is 0 Å². The van der Waals surface area contributed by atoms with Gasteiger partial charge in [0.05, 0.1) is 11.5 Å². The highest BCUT2D eigenvalue weighted by Gasteiger charge is 2.23. The van der Waals surface area contributed by atoms with Crippen LogP contribution in [-0.2, 0) is 9.53 Å². The number of nitro groups is 1. The zero-order chi connectivity index (χ0) is 14.7. The van der Waals surface area contributed by atoms with Crippen LogP contribution in [0.3, 0.4) is 0 Å². The van der Waals surface area contributed by atoms with Crippen LogP contribution in [0.15, 0.2) is 30.5 Å². The number of nitrogens with zero attached hydrogens (tertiary/aromatic N) is 1. The Hall–Kier alpha value is -2.63. The number of carbonyl (C=O) groups is 1. The third-order valence-electron chi connectivity index (χ3n) is 2.89. The molecule has 20 heavy (non-hydrogen) atoms. The second-order valence-electron chi connectivity index (χ2n) is 4.22. The van der Waals surface area contributed by atoms with Gasteiger partial charge in [-0.1, -0.05) is 18.2 Å². The molecule has 1 aromatic heterocycles. The summed E-state index contributed by atoms with van der Waals surface area (Å²) in [6, 6.07) is 7.32. The van der Waals surface area contributed by atoms with Gasteiger partial charge in [0.1, 0.15) is 5.57 Å². The maximum atomic E-state index is 12.0. The summed E-state index contributed by atoms with van der Waals surface area (Å²) in [7, 11) is 0. The van der Waals surface area contributed by atoms with E-state index >= 15 is 0 Å². The molecule has 2 rings (SSSR count). The summed E-state index contributed by atoms with van der Waals surface area (Å²) in [6.45, 7) is 3.58. The Bertz CT molecular complexity index is 700. The number of hydrogen-bond donors (Lipinski definition) is 1. The van der Waals surface area contributed by atoms with Crippen molar-refractivity contribution in [2.45, 2.75) is 13.8 Å². The monoisotopic (exact) mass is 274 g/mol. The number of rotatable bonds is 4. The van der Waals surface area contributed by atoms with Gasteiger partial charge >= 0.3 is 5.97 Å². The smallest absolute Gasteiger partial charge is 0.345 e. The molecule has 0 saturated carbocycles. The van der Waals surface area contributed by atoms with Crippen LogP contribution in [0.5, 0.6) is 0 Å². The molecule has 0 saturated heterocycles. The molecule has 0 unspecified atom stereocenters. The minimum Gasteiger partial charge on any atom is -0.462 e. The fraction of sp³-hybridized carbons (Fsp3) is 0.214. The van der Waals surface area contributed by atoms with Crippen molar-refractivity contribution in [1.82, 2.24) is 4.98 Å². The molecule has 6 heteroatoms. The Morgan fingerprint density at radius 1 is 1.45 bits per heavy atom. The van der Waals surface area contributed by atoms with Crippen LogP contribution in [0.25, 0.3) is 16.5 Å². The van der Waals surface area contributed by atoms with E-state index in [4.69, 9.17) is 4.74 Å². The molecule has 6 nitrogen and oxygen atoms in total. The second-order valence-corrected chi connectivity index (χ2v) is 4.22. The lowest BCUT2D eigenvalue weighted by atomic mass is 10.0. The van der Waals surface area contributed by atoms with E-state index in [1.54, 1.807) is 19.9 Å². The number of fused-ring (bicyclic) bond motifs is 1. The summed E-state index contributed by atoms with van der Waals surface area (Å²) in [5.41, 5.74) is 1.97. The molecule has 0 aliphatic rings. The van der Waals surface area contributed by atoms with Gasteiger partial charge in [-0.3, -0.25) is 10.1 Å². The van der Waals surface area contributed by atoms with Gasteiger partial charge in [0, 0.05) is 22.2 Å².